The molecule has 1 rings (SSSR count). The Morgan fingerprint density at radius 3 is 2.33 bits per heavy atom. The van der Waals surface area contributed by atoms with Crippen molar-refractivity contribution in [3.63, 3.8) is 0 Å². The first-order valence-corrected chi connectivity index (χ1v) is 6.61. The van der Waals surface area contributed by atoms with Crippen molar-refractivity contribution >= 4 is 5.91 Å². The number of carbonyl (C=O) groups is 1. The van der Waals surface area contributed by atoms with Gasteiger partial charge in [0, 0.05) is 12.5 Å². The van der Waals surface area contributed by atoms with Gasteiger partial charge in [0.05, 0.1) is 0 Å². The number of hydrogen-bond donors (Lipinski definition) is 1. The maximum Gasteiger partial charge on any atom is 0.220 e. The lowest BCUT2D eigenvalue weighted by Gasteiger charge is -2.17. The Balaban J connectivity index is 2.61. The van der Waals surface area contributed by atoms with Crippen LogP contribution in [0.4, 0.5) is 4.39 Å². The molecular weight excluding hydrogens is 229 g/mol. The number of benzene rings is 1. The summed E-state index contributed by atoms with van der Waals surface area (Å²) in [5.74, 6) is -0.00663. The molecule has 18 heavy (non-hydrogen) atoms. The Morgan fingerprint density at radius 1 is 1.22 bits per heavy atom. The zero-order chi connectivity index (χ0) is 13.5. The Labute approximate surface area is 109 Å². The Bertz CT molecular complexity index is 375. The van der Waals surface area contributed by atoms with Crippen molar-refractivity contribution in [2.45, 2.75) is 52.0 Å². The van der Waals surface area contributed by atoms with E-state index in [1.54, 1.807) is 12.1 Å². The molecule has 0 bridgehead atoms. The number of amides is 1. The molecule has 1 N–H and O–H groups in total. The molecule has 0 aliphatic carbocycles. The SMILES string of the molecule is CCC(C)NC(=O)CC(CC)c1ccc(F)cc1. The zero-order valence-electron chi connectivity index (χ0n) is 11.4. The summed E-state index contributed by atoms with van der Waals surface area (Å²) in [4.78, 5) is 11.8. The average Bonchev–Trinajstić information content (AvgIpc) is 2.37. The van der Waals surface area contributed by atoms with Crippen LogP contribution in [0.1, 0.15) is 51.5 Å². The van der Waals surface area contributed by atoms with Gasteiger partial charge in [-0.05, 0) is 43.4 Å². The van der Waals surface area contributed by atoms with Crippen LogP contribution in [0.25, 0.3) is 0 Å². The van der Waals surface area contributed by atoms with E-state index in [0.717, 1.165) is 18.4 Å². The van der Waals surface area contributed by atoms with Crippen LogP contribution in [0.5, 0.6) is 0 Å². The zero-order valence-corrected chi connectivity index (χ0v) is 11.4. The minimum atomic E-state index is -0.238. The maximum absolute atomic E-state index is 12.9. The maximum atomic E-state index is 12.9. The van der Waals surface area contributed by atoms with Gasteiger partial charge in [-0.25, -0.2) is 4.39 Å². The van der Waals surface area contributed by atoms with Gasteiger partial charge in [-0.15, -0.1) is 0 Å². The molecule has 0 saturated heterocycles. The molecular formula is C15H22FNO. The molecule has 0 aromatic heterocycles. The van der Waals surface area contributed by atoms with Gasteiger partial charge in [0.15, 0.2) is 0 Å². The minimum absolute atomic E-state index is 0.0699. The monoisotopic (exact) mass is 251 g/mol. The highest BCUT2D eigenvalue weighted by Crippen LogP contribution is 2.23. The van der Waals surface area contributed by atoms with E-state index in [1.807, 2.05) is 20.8 Å². The van der Waals surface area contributed by atoms with Crippen LogP contribution in [0.15, 0.2) is 24.3 Å². The lowest BCUT2D eigenvalue weighted by atomic mass is 9.93. The first-order chi connectivity index (χ1) is 8.56. The van der Waals surface area contributed by atoms with E-state index in [2.05, 4.69) is 5.32 Å². The topological polar surface area (TPSA) is 29.1 Å². The summed E-state index contributed by atoms with van der Waals surface area (Å²) in [6, 6.07) is 6.64. The summed E-state index contributed by atoms with van der Waals surface area (Å²) >= 11 is 0. The lowest BCUT2D eigenvalue weighted by Crippen LogP contribution is -2.32. The van der Waals surface area contributed by atoms with E-state index >= 15 is 0 Å². The number of rotatable bonds is 6. The summed E-state index contributed by atoms with van der Waals surface area (Å²) < 4.78 is 12.9. The Hall–Kier alpha value is -1.38. The van der Waals surface area contributed by atoms with Crippen LogP contribution in [-0.4, -0.2) is 11.9 Å². The molecule has 1 aromatic carbocycles. The quantitative estimate of drug-likeness (QED) is 0.822. The molecule has 1 amide bonds. The molecule has 2 atom stereocenters. The third-order valence-electron chi connectivity index (χ3n) is 3.29. The van der Waals surface area contributed by atoms with Gasteiger partial charge in [-0.2, -0.15) is 0 Å². The lowest BCUT2D eigenvalue weighted by molar-refractivity contribution is -0.122. The molecule has 0 heterocycles. The highest BCUT2D eigenvalue weighted by atomic mass is 19.1. The second-order valence-corrected chi connectivity index (χ2v) is 4.74. The average molecular weight is 251 g/mol. The van der Waals surface area contributed by atoms with E-state index in [1.165, 1.54) is 12.1 Å². The normalized spacial score (nSPS) is 14.0. The van der Waals surface area contributed by atoms with Crippen LogP contribution >= 0.6 is 0 Å². The van der Waals surface area contributed by atoms with E-state index in [0.29, 0.717) is 6.42 Å². The van der Waals surface area contributed by atoms with Crippen molar-refractivity contribution < 1.29 is 9.18 Å². The molecule has 3 heteroatoms. The van der Waals surface area contributed by atoms with Crippen LogP contribution in [0, 0.1) is 5.82 Å². The number of nitrogens with one attached hydrogen (secondary N) is 1. The Kier molecular flexibility index (Phi) is 5.83. The molecule has 100 valence electrons. The van der Waals surface area contributed by atoms with Gasteiger partial charge in [-0.1, -0.05) is 26.0 Å². The largest absolute Gasteiger partial charge is 0.354 e. The smallest absolute Gasteiger partial charge is 0.220 e. The van der Waals surface area contributed by atoms with Crippen LogP contribution in [0.3, 0.4) is 0 Å². The summed E-state index contributed by atoms with van der Waals surface area (Å²) in [5.41, 5.74) is 1.03. The minimum Gasteiger partial charge on any atom is -0.354 e. The first-order valence-electron chi connectivity index (χ1n) is 6.61. The number of carbonyl (C=O) groups excluding carboxylic acids is 1. The third-order valence-corrected chi connectivity index (χ3v) is 3.29. The second kappa shape index (κ2) is 7.14. The van der Waals surface area contributed by atoms with E-state index in [4.69, 9.17) is 0 Å². The van der Waals surface area contributed by atoms with E-state index in [9.17, 15) is 9.18 Å². The van der Waals surface area contributed by atoms with Crippen molar-refractivity contribution in [2.24, 2.45) is 0 Å². The van der Waals surface area contributed by atoms with Gasteiger partial charge < -0.3 is 5.32 Å². The van der Waals surface area contributed by atoms with Gasteiger partial charge in [0.25, 0.3) is 0 Å². The van der Waals surface area contributed by atoms with Crippen molar-refractivity contribution in [2.75, 3.05) is 0 Å². The number of hydrogen-bond acceptors (Lipinski definition) is 1. The summed E-state index contributed by atoms with van der Waals surface area (Å²) in [6.45, 7) is 6.09. The molecule has 0 aliphatic heterocycles. The molecule has 1 aromatic rings. The van der Waals surface area contributed by atoms with Crippen molar-refractivity contribution in [1.82, 2.24) is 5.32 Å². The molecule has 0 spiro atoms. The van der Waals surface area contributed by atoms with Gasteiger partial charge in [0.1, 0.15) is 5.82 Å². The highest BCUT2D eigenvalue weighted by Gasteiger charge is 2.15. The summed E-state index contributed by atoms with van der Waals surface area (Å²) in [7, 11) is 0. The predicted molar refractivity (Wildman–Crippen MR) is 71.9 cm³/mol. The third kappa shape index (κ3) is 4.47. The fourth-order valence-electron chi connectivity index (χ4n) is 1.89. The molecule has 0 saturated carbocycles. The van der Waals surface area contributed by atoms with Gasteiger partial charge in [-0.3, -0.25) is 4.79 Å². The highest BCUT2D eigenvalue weighted by molar-refractivity contribution is 5.77. The fourth-order valence-corrected chi connectivity index (χ4v) is 1.89. The van der Waals surface area contributed by atoms with Crippen molar-refractivity contribution in [3.8, 4) is 0 Å². The van der Waals surface area contributed by atoms with Crippen LogP contribution < -0.4 is 5.32 Å². The standard InChI is InChI=1S/C15H22FNO/c1-4-11(3)17-15(18)10-12(5-2)13-6-8-14(16)9-7-13/h6-9,11-12H,4-5,10H2,1-3H3,(H,17,18). The first kappa shape index (κ1) is 14.7. The number of halogens is 1. The molecule has 2 unspecified atom stereocenters. The fraction of sp³-hybridized carbons (Fsp3) is 0.533. The van der Waals surface area contributed by atoms with Gasteiger partial charge >= 0.3 is 0 Å². The van der Waals surface area contributed by atoms with Crippen molar-refractivity contribution in [1.29, 1.82) is 0 Å². The molecule has 0 radical (unpaired) electrons. The Morgan fingerprint density at radius 2 is 1.83 bits per heavy atom. The predicted octanol–water partition coefficient (Wildman–Crippen LogP) is 3.62. The van der Waals surface area contributed by atoms with E-state index in [-0.39, 0.29) is 23.7 Å². The van der Waals surface area contributed by atoms with Crippen molar-refractivity contribution in [3.05, 3.63) is 35.6 Å². The summed E-state index contributed by atoms with van der Waals surface area (Å²) in [6.07, 6.45) is 2.27. The second-order valence-electron chi connectivity index (χ2n) is 4.74. The molecule has 0 aliphatic rings. The molecule has 0 fully saturated rings. The van der Waals surface area contributed by atoms with E-state index < -0.39 is 0 Å². The van der Waals surface area contributed by atoms with Crippen LogP contribution in [0.2, 0.25) is 0 Å². The van der Waals surface area contributed by atoms with Crippen LogP contribution in [-0.2, 0) is 4.79 Å². The summed E-state index contributed by atoms with van der Waals surface area (Å²) in [5, 5.41) is 2.96. The van der Waals surface area contributed by atoms with Gasteiger partial charge in [0.2, 0.25) is 5.91 Å². The molecule has 2 nitrogen and oxygen atoms in total.